The van der Waals surface area contributed by atoms with E-state index in [0.29, 0.717) is 12.2 Å². The summed E-state index contributed by atoms with van der Waals surface area (Å²) in [4.78, 5) is 11.8. The highest BCUT2D eigenvalue weighted by molar-refractivity contribution is 5.82. The van der Waals surface area contributed by atoms with Gasteiger partial charge in [0.2, 0.25) is 0 Å². The van der Waals surface area contributed by atoms with Crippen molar-refractivity contribution in [2.24, 2.45) is 5.92 Å². The molecule has 0 fully saturated rings. The second-order valence-corrected chi connectivity index (χ2v) is 5.90. The number of rotatable bonds is 4. The van der Waals surface area contributed by atoms with Crippen molar-refractivity contribution in [3.05, 3.63) is 35.4 Å². The summed E-state index contributed by atoms with van der Waals surface area (Å²) in [6.45, 7) is 10.7. The predicted octanol–water partition coefficient (Wildman–Crippen LogP) is 4.14. The maximum atomic E-state index is 11.8. The second kappa shape index (κ2) is 5.48. The van der Waals surface area contributed by atoms with Gasteiger partial charge in [0, 0.05) is 12.3 Å². The standard InChI is InChI=1S/C16H24O/c1-6-12(2)15(17)11-13-7-9-14(10-8-13)16(3,4)5/h7-10,12H,6,11H2,1-5H3. The number of benzene rings is 1. The Kier molecular flexibility index (Phi) is 4.50. The molecule has 0 aliphatic heterocycles. The van der Waals surface area contributed by atoms with E-state index < -0.39 is 0 Å². The molecule has 0 spiro atoms. The molecule has 0 heterocycles. The van der Waals surface area contributed by atoms with Gasteiger partial charge in [-0.25, -0.2) is 0 Å². The molecule has 1 heteroatoms. The van der Waals surface area contributed by atoms with Crippen LogP contribution in [0.1, 0.15) is 52.2 Å². The van der Waals surface area contributed by atoms with E-state index in [1.807, 2.05) is 6.92 Å². The molecule has 0 aliphatic rings. The molecule has 0 aromatic heterocycles. The quantitative estimate of drug-likeness (QED) is 0.762. The van der Waals surface area contributed by atoms with Gasteiger partial charge >= 0.3 is 0 Å². The molecule has 0 radical (unpaired) electrons. The van der Waals surface area contributed by atoms with Crippen LogP contribution in [0.5, 0.6) is 0 Å². The van der Waals surface area contributed by atoms with Gasteiger partial charge in [-0.05, 0) is 23.0 Å². The summed E-state index contributed by atoms with van der Waals surface area (Å²) in [5.41, 5.74) is 2.62. The van der Waals surface area contributed by atoms with Crippen LogP contribution in [0.15, 0.2) is 24.3 Å². The number of carbonyl (C=O) groups excluding carboxylic acids is 1. The number of hydrogen-bond acceptors (Lipinski definition) is 1. The molecular weight excluding hydrogens is 208 g/mol. The van der Waals surface area contributed by atoms with Crippen LogP contribution in [0.2, 0.25) is 0 Å². The maximum absolute atomic E-state index is 11.8. The van der Waals surface area contributed by atoms with E-state index >= 15 is 0 Å². The van der Waals surface area contributed by atoms with Gasteiger partial charge < -0.3 is 0 Å². The van der Waals surface area contributed by atoms with Crippen LogP contribution < -0.4 is 0 Å². The van der Waals surface area contributed by atoms with Gasteiger partial charge in [-0.3, -0.25) is 4.79 Å². The molecule has 1 rings (SSSR count). The molecule has 0 saturated carbocycles. The molecule has 1 aromatic rings. The Hall–Kier alpha value is -1.11. The van der Waals surface area contributed by atoms with Crippen molar-refractivity contribution in [3.8, 4) is 0 Å². The Labute approximate surface area is 105 Å². The van der Waals surface area contributed by atoms with Crippen LogP contribution in [0.3, 0.4) is 0 Å². The third-order valence-electron chi connectivity index (χ3n) is 3.36. The maximum Gasteiger partial charge on any atom is 0.140 e. The van der Waals surface area contributed by atoms with Crippen LogP contribution in [-0.2, 0) is 16.6 Å². The van der Waals surface area contributed by atoms with Crippen LogP contribution in [0.25, 0.3) is 0 Å². The van der Waals surface area contributed by atoms with Crippen molar-refractivity contribution < 1.29 is 4.79 Å². The molecule has 17 heavy (non-hydrogen) atoms. The normalized spacial score (nSPS) is 13.5. The van der Waals surface area contributed by atoms with E-state index in [9.17, 15) is 4.79 Å². The third kappa shape index (κ3) is 3.99. The Morgan fingerprint density at radius 3 is 2.12 bits per heavy atom. The first-order chi connectivity index (χ1) is 7.84. The van der Waals surface area contributed by atoms with Crippen molar-refractivity contribution in [1.29, 1.82) is 0 Å². The minimum atomic E-state index is 0.178. The van der Waals surface area contributed by atoms with E-state index in [2.05, 4.69) is 52.0 Å². The van der Waals surface area contributed by atoms with Crippen LogP contribution in [0.4, 0.5) is 0 Å². The van der Waals surface area contributed by atoms with Crippen LogP contribution >= 0.6 is 0 Å². The fourth-order valence-electron chi connectivity index (χ4n) is 1.73. The first-order valence-corrected chi connectivity index (χ1v) is 6.46. The largest absolute Gasteiger partial charge is 0.299 e. The molecule has 0 amide bonds. The lowest BCUT2D eigenvalue weighted by Crippen LogP contribution is -2.14. The second-order valence-electron chi connectivity index (χ2n) is 5.90. The Morgan fingerprint density at radius 1 is 1.18 bits per heavy atom. The number of carbonyl (C=O) groups is 1. The zero-order valence-corrected chi connectivity index (χ0v) is 11.7. The summed E-state index contributed by atoms with van der Waals surface area (Å²) in [6.07, 6.45) is 1.50. The molecule has 0 bridgehead atoms. The van der Waals surface area contributed by atoms with Crippen molar-refractivity contribution >= 4 is 5.78 Å². The van der Waals surface area contributed by atoms with Gasteiger partial charge in [-0.2, -0.15) is 0 Å². The zero-order valence-electron chi connectivity index (χ0n) is 11.7. The molecule has 0 aliphatic carbocycles. The van der Waals surface area contributed by atoms with Gasteiger partial charge in [0.15, 0.2) is 0 Å². The van der Waals surface area contributed by atoms with Gasteiger partial charge in [0.25, 0.3) is 0 Å². The summed E-state index contributed by atoms with van der Waals surface area (Å²) < 4.78 is 0. The molecule has 1 aromatic carbocycles. The third-order valence-corrected chi connectivity index (χ3v) is 3.36. The molecular formula is C16H24O. The number of Topliss-reactive ketones (excluding diaryl/α,β-unsaturated/α-hetero) is 1. The monoisotopic (exact) mass is 232 g/mol. The van der Waals surface area contributed by atoms with Crippen molar-refractivity contribution in [2.45, 2.75) is 52.9 Å². The SMILES string of the molecule is CCC(C)C(=O)Cc1ccc(C(C)(C)C)cc1. The zero-order chi connectivity index (χ0) is 13.1. The Morgan fingerprint density at radius 2 is 1.71 bits per heavy atom. The minimum absolute atomic E-state index is 0.178. The summed E-state index contributed by atoms with van der Waals surface area (Å²) in [6, 6.07) is 8.44. The lowest BCUT2D eigenvalue weighted by molar-refractivity contribution is -0.121. The van der Waals surface area contributed by atoms with Gasteiger partial charge in [-0.1, -0.05) is 58.9 Å². The topological polar surface area (TPSA) is 17.1 Å². The Balaban J connectivity index is 2.73. The lowest BCUT2D eigenvalue weighted by Gasteiger charge is -2.19. The van der Waals surface area contributed by atoms with Crippen molar-refractivity contribution in [2.75, 3.05) is 0 Å². The van der Waals surface area contributed by atoms with Crippen molar-refractivity contribution in [1.82, 2.24) is 0 Å². The first kappa shape index (κ1) is 14.0. The summed E-state index contributed by atoms with van der Waals surface area (Å²) >= 11 is 0. The first-order valence-electron chi connectivity index (χ1n) is 6.46. The van der Waals surface area contributed by atoms with Crippen LogP contribution in [0, 0.1) is 5.92 Å². The van der Waals surface area contributed by atoms with E-state index in [-0.39, 0.29) is 11.3 Å². The Bertz CT molecular complexity index is 368. The highest BCUT2D eigenvalue weighted by Crippen LogP contribution is 2.22. The summed E-state index contributed by atoms with van der Waals surface area (Å²) in [5, 5.41) is 0. The summed E-state index contributed by atoms with van der Waals surface area (Å²) in [7, 11) is 0. The molecule has 0 saturated heterocycles. The fourth-order valence-corrected chi connectivity index (χ4v) is 1.73. The van der Waals surface area contributed by atoms with E-state index in [1.165, 1.54) is 5.56 Å². The lowest BCUT2D eigenvalue weighted by atomic mass is 9.86. The average Bonchev–Trinajstić information content (AvgIpc) is 2.27. The van der Waals surface area contributed by atoms with E-state index in [4.69, 9.17) is 0 Å². The van der Waals surface area contributed by atoms with E-state index in [1.54, 1.807) is 0 Å². The molecule has 1 atom stereocenters. The highest BCUT2D eigenvalue weighted by atomic mass is 16.1. The fraction of sp³-hybridized carbons (Fsp3) is 0.562. The molecule has 1 unspecified atom stereocenters. The van der Waals surface area contributed by atoms with Gasteiger partial charge in [0.05, 0.1) is 0 Å². The minimum Gasteiger partial charge on any atom is -0.299 e. The smallest absolute Gasteiger partial charge is 0.140 e. The average molecular weight is 232 g/mol. The molecule has 0 N–H and O–H groups in total. The molecule has 94 valence electrons. The molecule has 1 nitrogen and oxygen atoms in total. The number of ketones is 1. The predicted molar refractivity (Wildman–Crippen MR) is 73.3 cm³/mol. The van der Waals surface area contributed by atoms with Gasteiger partial charge in [-0.15, -0.1) is 0 Å². The van der Waals surface area contributed by atoms with Crippen LogP contribution in [-0.4, -0.2) is 5.78 Å². The highest BCUT2D eigenvalue weighted by Gasteiger charge is 2.14. The number of hydrogen-bond donors (Lipinski definition) is 0. The van der Waals surface area contributed by atoms with Gasteiger partial charge in [0.1, 0.15) is 5.78 Å². The van der Waals surface area contributed by atoms with E-state index in [0.717, 1.165) is 12.0 Å². The summed E-state index contributed by atoms with van der Waals surface area (Å²) in [5.74, 6) is 0.522. The van der Waals surface area contributed by atoms with Crippen molar-refractivity contribution in [3.63, 3.8) is 0 Å².